The highest BCUT2D eigenvalue weighted by Gasteiger charge is 2.30. The van der Waals surface area contributed by atoms with Crippen LogP contribution in [0.4, 0.5) is 5.69 Å². The zero-order valence-corrected chi connectivity index (χ0v) is 12.5. The van der Waals surface area contributed by atoms with E-state index in [4.69, 9.17) is 11.5 Å². The van der Waals surface area contributed by atoms with Gasteiger partial charge in [-0.3, -0.25) is 14.6 Å². The maximum atomic E-state index is 11.1. The van der Waals surface area contributed by atoms with Crippen molar-refractivity contribution in [3.8, 4) is 0 Å². The van der Waals surface area contributed by atoms with Gasteiger partial charge in [0, 0.05) is 43.0 Å². The minimum Gasteiger partial charge on any atom is -0.398 e. The molecule has 1 aromatic carbocycles. The number of benzene rings is 1. The van der Waals surface area contributed by atoms with Gasteiger partial charge in [0.15, 0.2) is 0 Å². The van der Waals surface area contributed by atoms with E-state index >= 15 is 0 Å². The smallest absolute Gasteiger partial charge is 0.248 e. The van der Waals surface area contributed by atoms with Gasteiger partial charge in [0.2, 0.25) is 5.91 Å². The summed E-state index contributed by atoms with van der Waals surface area (Å²) in [4.78, 5) is 15.9. The van der Waals surface area contributed by atoms with Gasteiger partial charge in [-0.1, -0.05) is 6.07 Å². The molecule has 1 amide bonds. The van der Waals surface area contributed by atoms with Crippen molar-refractivity contribution in [2.24, 2.45) is 5.73 Å². The lowest BCUT2D eigenvalue weighted by atomic mass is 9.99. The third-order valence-corrected chi connectivity index (χ3v) is 4.22. The van der Waals surface area contributed by atoms with Crippen LogP contribution in [-0.2, 0) is 6.54 Å². The summed E-state index contributed by atoms with van der Waals surface area (Å²) in [5.74, 6) is -0.441. The molecule has 110 valence electrons. The van der Waals surface area contributed by atoms with Crippen LogP contribution in [0.25, 0.3) is 0 Å². The topological polar surface area (TPSA) is 75.6 Å². The highest BCUT2D eigenvalue weighted by Crippen LogP contribution is 2.22. The molecule has 0 saturated carbocycles. The van der Waals surface area contributed by atoms with Crippen LogP contribution in [0.5, 0.6) is 0 Å². The Balaban J connectivity index is 2.09. The summed E-state index contributed by atoms with van der Waals surface area (Å²) >= 11 is 0. The molecule has 4 N–H and O–H groups in total. The van der Waals surface area contributed by atoms with E-state index in [9.17, 15) is 4.79 Å². The number of nitrogens with two attached hydrogens (primary N) is 2. The zero-order chi connectivity index (χ0) is 14.9. The van der Waals surface area contributed by atoms with Crippen molar-refractivity contribution in [1.82, 2.24) is 9.80 Å². The first kappa shape index (κ1) is 14.8. The molecule has 2 rings (SSSR count). The second-order valence-electron chi connectivity index (χ2n) is 6.22. The molecule has 1 saturated heterocycles. The first-order valence-corrected chi connectivity index (χ1v) is 6.91. The monoisotopic (exact) mass is 276 g/mol. The number of piperazine rings is 1. The molecule has 20 heavy (non-hydrogen) atoms. The number of likely N-dealkylation sites (N-methyl/N-ethyl adjacent to an activating group) is 1. The van der Waals surface area contributed by atoms with E-state index in [1.54, 1.807) is 12.1 Å². The van der Waals surface area contributed by atoms with Crippen LogP contribution in [-0.4, -0.2) is 47.9 Å². The Kier molecular flexibility index (Phi) is 4.01. The number of primary amides is 1. The Labute approximate surface area is 120 Å². The molecule has 5 nitrogen and oxygen atoms in total. The second kappa shape index (κ2) is 5.42. The normalized spacial score (nSPS) is 19.9. The number of carbonyl (C=O) groups excluding carboxylic acids is 1. The van der Waals surface area contributed by atoms with Crippen LogP contribution < -0.4 is 11.5 Å². The summed E-state index contributed by atoms with van der Waals surface area (Å²) in [5.41, 5.74) is 13.6. The van der Waals surface area contributed by atoms with E-state index in [-0.39, 0.29) is 5.54 Å². The summed E-state index contributed by atoms with van der Waals surface area (Å²) < 4.78 is 0. The minimum atomic E-state index is -0.441. The van der Waals surface area contributed by atoms with Crippen molar-refractivity contribution < 1.29 is 4.79 Å². The Hall–Kier alpha value is -1.59. The Morgan fingerprint density at radius 3 is 2.60 bits per heavy atom. The molecule has 0 bridgehead atoms. The number of carbonyl (C=O) groups is 1. The number of hydrogen-bond acceptors (Lipinski definition) is 4. The second-order valence-corrected chi connectivity index (χ2v) is 6.22. The first-order chi connectivity index (χ1) is 9.29. The summed E-state index contributed by atoms with van der Waals surface area (Å²) in [7, 11) is 2.16. The van der Waals surface area contributed by atoms with Gasteiger partial charge in [-0.15, -0.1) is 0 Å². The van der Waals surface area contributed by atoms with Crippen LogP contribution in [0.2, 0.25) is 0 Å². The van der Waals surface area contributed by atoms with Crippen LogP contribution in [0.15, 0.2) is 18.2 Å². The lowest BCUT2D eigenvalue weighted by molar-refractivity contribution is 0.0361. The molecule has 1 aliphatic heterocycles. The first-order valence-electron chi connectivity index (χ1n) is 6.91. The van der Waals surface area contributed by atoms with Gasteiger partial charge in [-0.05, 0) is 38.6 Å². The van der Waals surface area contributed by atoms with Crippen molar-refractivity contribution in [2.75, 3.05) is 32.4 Å². The SMILES string of the molecule is CN1CCN(Cc2ccc(C(N)=O)cc2N)CC1(C)C. The fraction of sp³-hybridized carbons (Fsp3) is 0.533. The largest absolute Gasteiger partial charge is 0.398 e. The molecule has 0 unspecified atom stereocenters. The maximum Gasteiger partial charge on any atom is 0.248 e. The number of hydrogen-bond donors (Lipinski definition) is 2. The quantitative estimate of drug-likeness (QED) is 0.804. The fourth-order valence-corrected chi connectivity index (χ4v) is 2.61. The summed E-state index contributed by atoms with van der Waals surface area (Å²) in [6.45, 7) is 8.38. The number of rotatable bonds is 3. The van der Waals surface area contributed by atoms with Crippen molar-refractivity contribution in [2.45, 2.75) is 25.9 Å². The zero-order valence-electron chi connectivity index (χ0n) is 12.5. The molecule has 0 spiro atoms. The molecule has 1 aromatic rings. The van der Waals surface area contributed by atoms with Crippen molar-refractivity contribution in [1.29, 1.82) is 0 Å². The van der Waals surface area contributed by atoms with E-state index in [2.05, 4.69) is 30.7 Å². The summed E-state index contributed by atoms with van der Waals surface area (Å²) in [6.07, 6.45) is 0. The maximum absolute atomic E-state index is 11.1. The van der Waals surface area contributed by atoms with E-state index in [1.165, 1.54) is 0 Å². The van der Waals surface area contributed by atoms with E-state index < -0.39 is 5.91 Å². The van der Waals surface area contributed by atoms with E-state index in [1.807, 2.05) is 6.07 Å². The molecule has 1 fully saturated rings. The molecule has 1 aliphatic rings. The van der Waals surface area contributed by atoms with Gasteiger partial charge in [0.05, 0.1) is 0 Å². The molecule has 0 aliphatic carbocycles. The predicted octanol–water partition coefficient (Wildman–Crippen LogP) is 0.894. The van der Waals surface area contributed by atoms with Crippen LogP contribution in [0.1, 0.15) is 29.8 Å². The van der Waals surface area contributed by atoms with E-state index in [0.717, 1.165) is 31.7 Å². The average molecular weight is 276 g/mol. The van der Waals surface area contributed by atoms with Gasteiger partial charge in [0.1, 0.15) is 0 Å². The number of nitrogens with zero attached hydrogens (tertiary/aromatic N) is 2. The molecule has 1 heterocycles. The van der Waals surface area contributed by atoms with Crippen molar-refractivity contribution >= 4 is 11.6 Å². The summed E-state index contributed by atoms with van der Waals surface area (Å²) in [5, 5.41) is 0. The molecule has 0 aromatic heterocycles. The average Bonchev–Trinajstić information content (AvgIpc) is 2.35. The van der Waals surface area contributed by atoms with Crippen molar-refractivity contribution in [3.05, 3.63) is 29.3 Å². The van der Waals surface area contributed by atoms with Gasteiger partial charge >= 0.3 is 0 Å². The van der Waals surface area contributed by atoms with E-state index in [0.29, 0.717) is 11.3 Å². The molecule has 5 heteroatoms. The third-order valence-electron chi connectivity index (χ3n) is 4.22. The van der Waals surface area contributed by atoms with Crippen molar-refractivity contribution in [3.63, 3.8) is 0 Å². The fourth-order valence-electron chi connectivity index (χ4n) is 2.61. The van der Waals surface area contributed by atoms with Gasteiger partial charge in [-0.2, -0.15) is 0 Å². The standard InChI is InChI=1S/C15H24N4O/c1-15(2)10-19(7-6-18(15)3)9-12-5-4-11(14(17)20)8-13(12)16/h4-5,8H,6-7,9-10,16H2,1-3H3,(H2,17,20). The molecule has 0 radical (unpaired) electrons. The van der Waals surface area contributed by atoms with Gasteiger partial charge in [0.25, 0.3) is 0 Å². The van der Waals surface area contributed by atoms with Crippen LogP contribution >= 0.6 is 0 Å². The number of anilines is 1. The third kappa shape index (κ3) is 3.11. The lowest BCUT2D eigenvalue weighted by Gasteiger charge is -2.45. The Morgan fingerprint density at radius 2 is 2.05 bits per heavy atom. The van der Waals surface area contributed by atoms with Gasteiger partial charge in [-0.25, -0.2) is 0 Å². The van der Waals surface area contributed by atoms with Gasteiger partial charge < -0.3 is 11.5 Å². The number of amides is 1. The minimum absolute atomic E-state index is 0.167. The molecule has 0 atom stereocenters. The molecular weight excluding hydrogens is 252 g/mol. The lowest BCUT2D eigenvalue weighted by Crippen LogP contribution is -2.57. The number of nitrogen functional groups attached to an aromatic ring is 1. The Bertz CT molecular complexity index is 513. The molecular formula is C15H24N4O. The van der Waals surface area contributed by atoms with Crippen LogP contribution in [0.3, 0.4) is 0 Å². The highest BCUT2D eigenvalue weighted by molar-refractivity contribution is 5.93. The Morgan fingerprint density at radius 1 is 1.35 bits per heavy atom. The van der Waals surface area contributed by atoms with Crippen LogP contribution in [0, 0.1) is 0 Å². The highest BCUT2D eigenvalue weighted by atomic mass is 16.1. The summed E-state index contributed by atoms with van der Waals surface area (Å²) in [6, 6.07) is 5.31. The predicted molar refractivity (Wildman–Crippen MR) is 81.4 cm³/mol.